The van der Waals surface area contributed by atoms with Gasteiger partial charge in [0.15, 0.2) is 5.11 Å². The lowest BCUT2D eigenvalue weighted by Crippen LogP contribution is -2.29. The van der Waals surface area contributed by atoms with E-state index >= 15 is 0 Å². The second kappa shape index (κ2) is 10.3. The van der Waals surface area contributed by atoms with Crippen LogP contribution in [0.2, 0.25) is 0 Å². The molecule has 1 aliphatic heterocycles. The second-order valence-corrected chi connectivity index (χ2v) is 10.9. The van der Waals surface area contributed by atoms with Crippen molar-refractivity contribution in [1.82, 2.24) is 14.9 Å². The molecule has 2 atom stereocenters. The number of benzene rings is 2. The van der Waals surface area contributed by atoms with Crippen molar-refractivity contribution in [3.05, 3.63) is 107 Å². The van der Waals surface area contributed by atoms with Gasteiger partial charge < -0.3 is 19.5 Å². The molecule has 6 rings (SSSR count). The van der Waals surface area contributed by atoms with Gasteiger partial charge in [-0.2, -0.15) is 0 Å². The van der Waals surface area contributed by atoms with Gasteiger partial charge in [-0.15, -0.1) is 0 Å². The normalized spacial score (nSPS) is 19.7. The van der Waals surface area contributed by atoms with Crippen LogP contribution in [0.15, 0.2) is 79.0 Å². The van der Waals surface area contributed by atoms with E-state index in [4.69, 9.17) is 21.9 Å². The minimum Gasteiger partial charge on any atom is -0.457 e. The Bertz CT molecular complexity index is 1420. The molecule has 2 fully saturated rings. The van der Waals surface area contributed by atoms with Crippen LogP contribution in [-0.2, 0) is 0 Å². The van der Waals surface area contributed by atoms with Gasteiger partial charge in [-0.1, -0.05) is 36.6 Å². The highest BCUT2D eigenvalue weighted by atomic mass is 32.1. The lowest BCUT2D eigenvalue weighted by atomic mass is 9.96. The third kappa shape index (κ3) is 4.58. The van der Waals surface area contributed by atoms with Crippen molar-refractivity contribution in [2.75, 3.05) is 4.90 Å². The van der Waals surface area contributed by atoms with E-state index in [1.807, 2.05) is 42.6 Å². The molecule has 2 aromatic carbocycles. The van der Waals surface area contributed by atoms with E-state index in [1.165, 1.54) is 48.2 Å². The first-order valence-corrected chi connectivity index (χ1v) is 13.9. The summed E-state index contributed by atoms with van der Waals surface area (Å²) in [5.74, 6) is 1.63. The van der Waals surface area contributed by atoms with Gasteiger partial charge in [-0.05, 0) is 106 Å². The van der Waals surface area contributed by atoms with E-state index in [0.29, 0.717) is 11.2 Å². The fourth-order valence-corrected chi connectivity index (χ4v) is 6.54. The maximum atomic E-state index is 6.09. The Morgan fingerprint density at radius 3 is 2.24 bits per heavy atom. The molecule has 38 heavy (non-hydrogen) atoms. The van der Waals surface area contributed by atoms with Gasteiger partial charge in [-0.25, -0.2) is 0 Å². The molecule has 5 nitrogen and oxygen atoms in total. The first-order valence-electron chi connectivity index (χ1n) is 13.5. The first kappa shape index (κ1) is 24.7. The average Bonchev–Trinajstić information content (AvgIpc) is 3.64. The summed E-state index contributed by atoms with van der Waals surface area (Å²) in [6, 6.07) is 25.3. The third-order valence-corrected chi connectivity index (χ3v) is 8.32. The van der Waals surface area contributed by atoms with Crippen LogP contribution in [0.3, 0.4) is 0 Å². The number of aromatic nitrogens is 2. The number of thiocarbonyl (C=S) groups is 1. The van der Waals surface area contributed by atoms with Gasteiger partial charge in [0.1, 0.15) is 11.5 Å². The lowest BCUT2D eigenvalue weighted by molar-refractivity contribution is 0.482. The molecule has 6 heteroatoms. The Hall–Kier alpha value is -3.64. The Balaban J connectivity index is 1.37. The SMILES string of the molecule is Cc1ccc(Oc2ccc(N3C(=S)N[C@H](c4ccccn4)[C@@H]3c3cc(C)n(C4CCCC4)c3C)cc2)cc1. The van der Waals surface area contributed by atoms with Gasteiger partial charge in [0.05, 0.1) is 17.8 Å². The van der Waals surface area contributed by atoms with Crippen LogP contribution >= 0.6 is 12.2 Å². The molecule has 0 amide bonds. The number of nitrogens with zero attached hydrogens (tertiary/aromatic N) is 3. The first-order chi connectivity index (χ1) is 18.5. The zero-order valence-corrected chi connectivity index (χ0v) is 23.0. The molecule has 1 N–H and O–H groups in total. The van der Waals surface area contributed by atoms with Crippen molar-refractivity contribution < 1.29 is 4.74 Å². The summed E-state index contributed by atoms with van der Waals surface area (Å²) in [4.78, 5) is 6.98. The van der Waals surface area contributed by atoms with Crippen LogP contribution < -0.4 is 15.0 Å². The van der Waals surface area contributed by atoms with Gasteiger partial charge in [0.25, 0.3) is 0 Å². The quantitative estimate of drug-likeness (QED) is 0.261. The lowest BCUT2D eigenvalue weighted by Gasteiger charge is -2.28. The topological polar surface area (TPSA) is 42.3 Å². The number of pyridine rings is 1. The smallest absolute Gasteiger partial charge is 0.174 e. The number of hydrogen-bond acceptors (Lipinski definition) is 3. The van der Waals surface area contributed by atoms with Crippen LogP contribution in [0.4, 0.5) is 5.69 Å². The van der Waals surface area contributed by atoms with Crippen molar-refractivity contribution in [3.8, 4) is 11.5 Å². The zero-order chi connectivity index (χ0) is 26.2. The largest absolute Gasteiger partial charge is 0.457 e. The monoisotopic (exact) mass is 522 g/mol. The van der Waals surface area contributed by atoms with Crippen LogP contribution in [-0.4, -0.2) is 14.7 Å². The molecule has 0 radical (unpaired) electrons. The van der Waals surface area contributed by atoms with Crippen molar-refractivity contribution >= 4 is 23.0 Å². The maximum absolute atomic E-state index is 6.09. The maximum Gasteiger partial charge on any atom is 0.174 e. The number of anilines is 1. The second-order valence-electron chi connectivity index (χ2n) is 10.5. The Labute approximate surface area is 230 Å². The third-order valence-electron chi connectivity index (χ3n) is 8.00. The standard InChI is InChI=1S/C32H34N4OS/c1-21-11-15-26(16-12-21)37-27-17-13-25(14-18-27)36-31(30(34-32(36)38)29-10-6-7-19-33-29)28-20-22(2)35(23(28)3)24-8-4-5-9-24/h6-7,10-20,24,30-31H,4-5,8-9H2,1-3H3,(H,34,38)/t30-,31+/m1/s1. The molecule has 1 saturated heterocycles. The summed E-state index contributed by atoms with van der Waals surface area (Å²) in [5, 5.41) is 4.32. The number of rotatable bonds is 6. The fraction of sp³-hybridized carbons (Fsp3) is 0.312. The highest BCUT2D eigenvalue weighted by Crippen LogP contribution is 2.45. The number of aryl methyl sites for hydroxylation is 2. The number of hydrogen-bond donors (Lipinski definition) is 1. The molecule has 194 valence electrons. The Morgan fingerprint density at radius 2 is 1.58 bits per heavy atom. The molecule has 0 spiro atoms. The molecule has 3 heterocycles. The van der Waals surface area contributed by atoms with Crippen molar-refractivity contribution in [3.63, 3.8) is 0 Å². The molecule has 1 saturated carbocycles. The highest BCUT2D eigenvalue weighted by Gasteiger charge is 2.42. The van der Waals surface area contributed by atoms with Crippen LogP contribution in [0.25, 0.3) is 0 Å². The Morgan fingerprint density at radius 1 is 0.895 bits per heavy atom. The van der Waals surface area contributed by atoms with Gasteiger partial charge in [0, 0.05) is 29.3 Å². The molecule has 2 aromatic heterocycles. The Kier molecular flexibility index (Phi) is 6.66. The van der Waals surface area contributed by atoms with E-state index in [9.17, 15) is 0 Å². The molecule has 0 unspecified atom stereocenters. The summed E-state index contributed by atoms with van der Waals surface area (Å²) in [5.41, 5.74) is 7.20. The van der Waals surface area contributed by atoms with E-state index in [1.54, 1.807) is 0 Å². The van der Waals surface area contributed by atoms with E-state index in [0.717, 1.165) is 22.9 Å². The summed E-state index contributed by atoms with van der Waals surface area (Å²) >= 11 is 5.97. The van der Waals surface area contributed by atoms with Crippen molar-refractivity contribution in [2.45, 2.75) is 64.6 Å². The predicted octanol–water partition coefficient (Wildman–Crippen LogP) is 7.89. The summed E-state index contributed by atoms with van der Waals surface area (Å²) < 4.78 is 8.66. The molecule has 0 bridgehead atoms. The molecule has 2 aliphatic rings. The van der Waals surface area contributed by atoms with Gasteiger partial charge in [-0.3, -0.25) is 4.98 Å². The summed E-state index contributed by atoms with van der Waals surface area (Å²) in [6.45, 7) is 6.59. The van der Waals surface area contributed by atoms with Crippen LogP contribution in [0.5, 0.6) is 11.5 Å². The predicted molar refractivity (Wildman–Crippen MR) is 157 cm³/mol. The molecule has 4 aromatic rings. The molecular weight excluding hydrogens is 488 g/mol. The highest BCUT2D eigenvalue weighted by molar-refractivity contribution is 7.80. The summed E-state index contributed by atoms with van der Waals surface area (Å²) in [6.07, 6.45) is 7.00. The molecule has 1 aliphatic carbocycles. The fourth-order valence-electron chi connectivity index (χ4n) is 6.19. The van der Waals surface area contributed by atoms with E-state index in [-0.39, 0.29) is 12.1 Å². The zero-order valence-electron chi connectivity index (χ0n) is 22.2. The average molecular weight is 523 g/mol. The van der Waals surface area contributed by atoms with E-state index < -0.39 is 0 Å². The number of nitrogens with one attached hydrogen (secondary N) is 1. The van der Waals surface area contributed by atoms with Crippen molar-refractivity contribution in [2.24, 2.45) is 0 Å². The van der Waals surface area contributed by atoms with Crippen LogP contribution in [0, 0.1) is 20.8 Å². The van der Waals surface area contributed by atoms with Gasteiger partial charge in [0.2, 0.25) is 0 Å². The minimum absolute atomic E-state index is 0.0115. The van der Waals surface area contributed by atoms with Crippen molar-refractivity contribution in [1.29, 1.82) is 0 Å². The number of ether oxygens (including phenoxy) is 1. The summed E-state index contributed by atoms with van der Waals surface area (Å²) in [7, 11) is 0. The van der Waals surface area contributed by atoms with E-state index in [2.05, 4.69) is 72.0 Å². The minimum atomic E-state index is -0.0512. The molecular formula is C32H34N4OS. The van der Waals surface area contributed by atoms with Gasteiger partial charge >= 0.3 is 0 Å². The van der Waals surface area contributed by atoms with Crippen LogP contribution in [0.1, 0.15) is 72.0 Å².